The lowest BCUT2D eigenvalue weighted by Crippen LogP contribution is -2.35. The minimum absolute atomic E-state index is 0.0658. The maximum absolute atomic E-state index is 12.9. The lowest BCUT2D eigenvalue weighted by molar-refractivity contribution is -0.185. The highest BCUT2D eigenvalue weighted by atomic mass is 32.2. The summed E-state index contributed by atoms with van der Waals surface area (Å²) in [5.41, 5.74) is 0.386. The van der Waals surface area contributed by atoms with E-state index < -0.39 is 33.9 Å². The summed E-state index contributed by atoms with van der Waals surface area (Å²) in [5, 5.41) is 2.63. The van der Waals surface area contributed by atoms with Crippen LogP contribution in [0.2, 0.25) is 0 Å². The van der Waals surface area contributed by atoms with Gasteiger partial charge in [0.15, 0.2) is 0 Å². The molecule has 1 aromatic rings. The summed E-state index contributed by atoms with van der Waals surface area (Å²) in [6, 6.07) is 5.83. The van der Waals surface area contributed by atoms with E-state index in [1.54, 1.807) is 0 Å². The van der Waals surface area contributed by atoms with Gasteiger partial charge in [-0.15, -0.1) is 0 Å². The average Bonchev–Trinajstić information content (AvgIpc) is 2.68. The first kappa shape index (κ1) is 21.1. The third-order valence-corrected chi connectivity index (χ3v) is 7.50. The van der Waals surface area contributed by atoms with Crippen molar-refractivity contribution in [1.82, 2.24) is 4.31 Å². The molecular formula is C19H25F3N2O3S. The van der Waals surface area contributed by atoms with Gasteiger partial charge in [0.25, 0.3) is 0 Å². The zero-order valence-electron chi connectivity index (χ0n) is 15.5. The number of hydrogen-bond donors (Lipinski definition) is 1. The summed E-state index contributed by atoms with van der Waals surface area (Å²) < 4.78 is 65.5. The summed E-state index contributed by atoms with van der Waals surface area (Å²) >= 11 is 0. The van der Waals surface area contributed by atoms with E-state index in [4.69, 9.17) is 0 Å². The minimum atomic E-state index is -4.27. The van der Waals surface area contributed by atoms with Crippen molar-refractivity contribution in [3.63, 3.8) is 0 Å². The van der Waals surface area contributed by atoms with E-state index in [1.165, 1.54) is 28.6 Å². The molecule has 1 heterocycles. The highest BCUT2D eigenvalue weighted by Gasteiger charge is 2.43. The Morgan fingerprint density at radius 2 is 1.64 bits per heavy atom. The molecule has 1 aliphatic heterocycles. The molecule has 0 spiro atoms. The quantitative estimate of drug-likeness (QED) is 0.798. The van der Waals surface area contributed by atoms with Gasteiger partial charge in [-0.25, -0.2) is 8.42 Å². The topological polar surface area (TPSA) is 66.5 Å². The Morgan fingerprint density at radius 1 is 1.00 bits per heavy atom. The summed E-state index contributed by atoms with van der Waals surface area (Å²) in [5.74, 6) is -2.56. The Morgan fingerprint density at radius 3 is 2.25 bits per heavy atom. The van der Waals surface area contributed by atoms with E-state index in [1.807, 2.05) is 0 Å². The molecule has 0 aromatic heterocycles. The molecule has 156 valence electrons. The van der Waals surface area contributed by atoms with Crippen molar-refractivity contribution in [2.75, 3.05) is 18.4 Å². The Hall–Kier alpha value is -1.61. The summed E-state index contributed by atoms with van der Waals surface area (Å²) in [6.45, 7) is 1.01. The number of amides is 1. The second-order valence-corrected chi connectivity index (χ2v) is 9.52. The number of benzene rings is 1. The van der Waals surface area contributed by atoms with Crippen LogP contribution in [0.4, 0.5) is 18.9 Å². The molecule has 1 amide bonds. The van der Waals surface area contributed by atoms with Gasteiger partial charge in [0.2, 0.25) is 15.9 Å². The highest BCUT2D eigenvalue weighted by molar-refractivity contribution is 7.89. The van der Waals surface area contributed by atoms with E-state index in [2.05, 4.69) is 5.32 Å². The summed E-state index contributed by atoms with van der Waals surface area (Å²) in [6.07, 6.45) is -0.902. The monoisotopic (exact) mass is 418 g/mol. The van der Waals surface area contributed by atoms with Gasteiger partial charge in [0, 0.05) is 24.7 Å². The lowest BCUT2D eigenvalue weighted by Gasteiger charge is -2.29. The molecule has 1 N–H and O–H groups in total. The van der Waals surface area contributed by atoms with Crippen LogP contribution in [0.5, 0.6) is 0 Å². The minimum Gasteiger partial charge on any atom is -0.326 e. The number of carbonyl (C=O) groups excluding carboxylic acids is 1. The van der Waals surface area contributed by atoms with Crippen molar-refractivity contribution >= 4 is 21.6 Å². The first-order valence-electron chi connectivity index (χ1n) is 9.66. The number of rotatable bonds is 4. The molecule has 2 atom stereocenters. The summed E-state index contributed by atoms with van der Waals surface area (Å²) in [7, 11) is -3.56. The third-order valence-electron chi connectivity index (χ3n) is 5.58. The Balaban J connectivity index is 1.63. The molecule has 0 unspecified atom stereocenters. The van der Waals surface area contributed by atoms with Crippen LogP contribution in [0.25, 0.3) is 0 Å². The molecule has 9 heteroatoms. The van der Waals surface area contributed by atoms with Gasteiger partial charge in [-0.05, 0) is 56.4 Å². The number of alkyl halides is 3. The molecule has 2 fully saturated rings. The fourth-order valence-corrected chi connectivity index (χ4v) is 5.45. The van der Waals surface area contributed by atoms with E-state index in [9.17, 15) is 26.4 Å². The summed E-state index contributed by atoms with van der Waals surface area (Å²) in [4.78, 5) is 12.5. The number of piperidine rings is 1. The van der Waals surface area contributed by atoms with Gasteiger partial charge in [0.1, 0.15) is 0 Å². The average molecular weight is 418 g/mol. The molecular weight excluding hydrogens is 393 g/mol. The number of hydrogen-bond acceptors (Lipinski definition) is 3. The Labute approximate surface area is 163 Å². The number of anilines is 1. The molecule has 3 rings (SSSR count). The fraction of sp³-hybridized carbons (Fsp3) is 0.632. The van der Waals surface area contributed by atoms with E-state index >= 15 is 0 Å². The van der Waals surface area contributed by atoms with Crippen molar-refractivity contribution in [1.29, 1.82) is 0 Å². The molecule has 0 bridgehead atoms. The van der Waals surface area contributed by atoms with Crippen LogP contribution in [0.1, 0.15) is 44.9 Å². The molecule has 1 aliphatic carbocycles. The van der Waals surface area contributed by atoms with Gasteiger partial charge in [-0.1, -0.05) is 12.8 Å². The lowest BCUT2D eigenvalue weighted by atomic mass is 9.80. The van der Waals surface area contributed by atoms with Gasteiger partial charge in [0.05, 0.1) is 10.8 Å². The molecule has 1 saturated carbocycles. The predicted molar refractivity (Wildman–Crippen MR) is 99.2 cm³/mol. The van der Waals surface area contributed by atoms with Gasteiger partial charge in [-0.2, -0.15) is 17.5 Å². The smallest absolute Gasteiger partial charge is 0.326 e. The first-order chi connectivity index (χ1) is 13.2. The van der Waals surface area contributed by atoms with Crippen LogP contribution in [0.15, 0.2) is 29.2 Å². The zero-order valence-corrected chi connectivity index (χ0v) is 16.4. The van der Waals surface area contributed by atoms with Crippen LogP contribution in [-0.2, 0) is 14.8 Å². The Bertz CT molecular complexity index is 788. The zero-order chi connectivity index (χ0) is 20.4. The van der Waals surface area contributed by atoms with Crippen LogP contribution in [0.3, 0.4) is 0 Å². The van der Waals surface area contributed by atoms with E-state index in [-0.39, 0.29) is 17.7 Å². The van der Waals surface area contributed by atoms with Crippen molar-refractivity contribution < 1.29 is 26.4 Å². The molecule has 2 aliphatic rings. The molecule has 1 aromatic carbocycles. The fourth-order valence-electron chi connectivity index (χ4n) is 3.93. The van der Waals surface area contributed by atoms with Gasteiger partial charge < -0.3 is 5.32 Å². The molecule has 0 radical (unpaired) electrons. The number of nitrogens with zero attached hydrogens (tertiary/aromatic N) is 1. The van der Waals surface area contributed by atoms with E-state index in [0.717, 1.165) is 19.3 Å². The van der Waals surface area contributed by atoms with Crippen LogP contribution in [-0.4, -0.2) is 37.9 Å². The van der Waals surface area contributed by atoms with Crippen LogP contribution >= 0.6 is 0 Å². The van der Waals surface area contributed by atoms with Crippen molar-refractivity contribution in [2.24, 2.45) is 11.8 Å². The van der Waals surface area contributed by atoms with Crippen LogP contribution in [0, 0.1) is 11.8 Å². The van der Waals surface area contributed by atoms with Gasteiger partial charge in [-0.3, -0.25) is 4.79 Å². The maximum atomic E-state index is 12.9. The van der Waals surface area contributed by atoms with Crippen molar-refractivity contribution in [3.05, 3.63) is 24.3 Å². The second kappa shape index (κ2) is 8.41. The largest absolute Gasteiger partial charge is 0.391 e. The first-order valence-corrected chi connectivity index (χ1v) is 11.1. The second-order valence-electron chi connectivity index (χ2n) is 7.58. The van der Waals surface area contributed by atoms with E-state index in [0.29, 0.717) is 31.6 Å². The maximum Gasteiger partial charge on any atom is 0.391 e. The Kier molecular flexibility index (Phi) is 6.34. The number of nitrogens with one attached hydrogen (secondary N) is 1. The molecule has 5 nitrogen and oxygen atoms in total. The SMILES string of the molecule is O=C(Nc1ccc(S(=O)(=O)N2CCCCC2)cc1)[C@H]1CCC[C@@H](C(F)(F)F)C1. The predicted octanol–water partition coefficient (Wildman–Crippen LogP) is 4.17. The number of halogens is 3. The third kappa shape index (κ3) is 4.86. The standard InChI is InChI=1S/C19H25F3N2O3S/c20-19(21,22)15-6-4-5-14(13-15)18(25)23-16-7-9-17(10-8-16)28(26,27)24-11-2-1-3-12-24/h7-10,14-15H,1-6,11-13H2,(H,23,25)/t14-,15+/m0/s1. The number of sulfonamides is 1. The highest BCUT2D eigenvalue weighted by Crippen LogP contribution is 2.40. The number of carbonyl (C=O) groups is 1. The molecule has 28 heavy (non-hydrogen) atoms. The normalized spacial score (nSPS) is 24.7. The van der Waals surface area contributed by atoms with Gasteiger partial charge >= 0.3 is 6.18 Å². The van der Waals surface area contributed by atoms with Crippen molar-refractivity contribution in [2.45, 2.75) is 56.0 Å². The van der Waals surface area contributed by atoms with Crippen LogP contribution < -0.4 is 5.32 Å². The molecule has 1 saturated heterocycles. The van der Waals surface area contributed by atoms with Crippen molar-refractivity contribution in [3.8, 4) is 0 Å².